The molecule has 0 aliphatic rings. The van der Waals surface area contributed by atoms with E-state index in [1.54, 1.807) is 22.8 Å². The van der Waals surface area contributed by atoms with Gasteiger partial charge in [0.15, 0.2) is 11.3 Å². The summed E-state index contributed by atoms with van der Waals surface area (Å²) < 4.78 is 7.12. The average Bonchev–Trinajstić information content (AvgIpc) is 3.23. The number of unbranched alkanes of at least 4 members (excludes halogenated alkanes) is 1. The summed E-state index contributed by atoms with van der Waals surface area (Å²) >= 11 is 1.58. The first-order valence-electron chi connectivity index (χ1n) is 10.3. The Kier molecular flexibility index (Phi) is 7.77. The van der Waals surface area contributed by atoms with Gasteiger partial charge in [0.05, 0.1) is 24.1 Å². The fraction of sp³-hybridized carbons (Fsp3) is 0.364. The van der Waals surface area contributed by atoms with E-state index in [1.165, 1.54) is 0 Å². The second kappa shape index (κ2) is 10.7. The largest absolute Gasteiger partial charge is 0.494 e. The van der Waals surface area contributed by atoms with Crippen molar-refractivity contribution in [2.75, 3.05) is 25.0 Å². The predicted octanol–water partition coefficient (Wildman–Crippen LogP) is 3.86. The molecule has 0 fully saturated rings. The van der Waals surface area contributed by atoms with E-state index in [-0.39, 0.29) is 20.1 Å². The van der Waals surface area contributed by atoms with Gasteiger partial charge in [0.25, 0.3) is 0 Å². The first-order valence-corrected chi connectivity index (χ1v) is 11.2. The number of anilines is 1. The minimum Gasteiger partial charge on any atom is -0.494 e. The Balaban J connectivity index is 0.00000272. The topological polar surface area (TPSA) is 116 Å². The highest BCUT2D eigenvalue weighted by molar-refractivity contribution is 7.10. The van der Waals surface area contributed by atoms with E-state index in [0.29, 0.717) is 48.7 Å². The van der Waals surface area contributed by atoms with Crippen LogP contribution in [0.5, 0.6) is 5.75 Å². The van der Waals surface area contributed by atoms with Crippen LogP contribution < -0.4 is 20.9 Å². The van der Waals surface area contributed by atoms with Gasteiger partial charge in [0.2, 0.25) is 5.91 Å². The third-order valence-electron chi connectivity index (χ3n) is 4.65. The van der Waals surface area contributed by atoms with Crippen LogP contribution in [-0.2, 0) is 11.2 Å². The Morgan fingerprint density at radius 3 is 2.81 bits per heavy atom. The lowest BCUT2D eigenvalue weighted by molar-refractivity contribution is -0.120. The van der Waals surface area contributed by atoms with Crippen LogP contribution in [0.1, 0.15) is 34.4 Å². The monoisotopic (exact) mass is 444 g/mol. The molecule has 0 saturated carbocycles. The third-order valence-corrected chi connectivity index (χ3v) is 5.52. The van der Waals surface area contributed by atoms with E-state index in [2.05, 4.69) is 15.6 Å². The van der Waals surface area contributed by atoms with Crippen molar-refractivity contribution in [2.45, 2.75) is 33.1 Å². The van der Waals surface area contributed by atoms with Crippen LogP contribution in [0.2, 0.25) is 0 Å². The lowest BCUT2D eigenvalue weighted by Gasteiger charge is -2.14. The van der Waals surface area contributed by atoms with Crippen molar-refractivity contribution in [3.8, 4) is 5.75 Å². The average molecular weight is 445 g/mol. The SMILES string of the molecule is CCOc1ccc2c(c1)nc(NCCCCNC(=O)Cc1cccs1)c(=N)n2C(C)=N.[HH].[HH]. The van der Waals surface area contributed by atoms with Gasteiger partial charge in [-0.25, -0.2) is 4.98 Å². The van der Waals surface area contributed by atoms with E-state index in [4.69, 9.17) is 15.6 Å². The van der Waals surface area contributed by atoms with Crippen LogP contribution in [0.25, 0.3) is 11.0 Å². The van der Waals surface area contributed by atoms with Gasteiger partial charge in [-0.2, -0.15) is 0 Å². The van der Waals surface area contributed by atoms with Crippen molar-refractivity contribution in [3.63, 3.8) is 0 Å². The van der Waals surface area contributed by atoms with Gasteiger partial charge in [0, 0.05) is 26.9 Å². The maximum absolute atomic E-state index is 11.9. The van der Waals surface area contributed by atoms with Crippen LogP contribution in [0.4, 0.5) is 5.82 Å². The van der Waals surface area contributed by atoms with E-state index in [9.17, 15) is 4.79 Å². The molecule has 31 heavy (non-hydrogen) atoms. The highest BCUT2D eigenvalue weighted by Crippen LogP contribution is 2.19. The number of thiophene rings is 1. The summed E-state index contributed by atoms with van der Waals surface area (Å²) in [4.78, 5) is 17.6. The summed E-state index contributed by atoms with van der Waals surface area (Å²) in [7, 11) is 0. The van der Waals surface area contributed by atoms with Crippen molar-refractivity contribution in [1.29, 1.82) is 10.8 Å². The molecule has 0 aliphatic carbocycles. The van der Waals surface area contributed by atoms with Gasteiger partial charge >= 0.3 is 0 Å². The van der Waals surface area contributed by atoms with Crippen LogP contribution in [0.15, 0.2) is 35.7 Å². The highest BCUT2D eigenvalue weighted by Gasteiger charge is 2.11. The number of carbonyl (C=O) groups is 1. The van der Waals surface area contributed by atoms with Gasteiger partial charge in [-0.15, -0.1) is 11.3 Å². The molecule has 168 valence electrons. The molecular weight excluding hydrogens is 412 g/mol. The quantitative estimate of drug-likeness (QED) is 0.216. The highest BCUT2D eigenvalue weighted by atomic mass is 32.1. The smallest absolute Gasteiger partial charge is 0.225 e. The summed E-state index contributed by atoms with van der Waals surface area (Å²) in [5.74, 6) is 1.42. The number of nitrogens with zero attached hydrogens (tertiary/aromatic N) is 2. The fourth-order valence-electron chi connectivity index (χ4n) is 3.23. The zero-order chi connectivity index (χ0) is 22.2. The Morgan fingerprint density at radius 2 is 2.10 bits per heavy atom. The Bertz CT molecular complexity index is 1120. The van der Waals surface area contributed by atoms with Crippen molar-refractivity contribution < 1.29 is 12.4 Å². The number of benzene rings is 1. The van der Waals surface area contributed by atoms with Gasteiger partial charge < -0.3 is 15.4 Å². The second-order valence-electron chi connectivity index (χ2n) is 7.05. The molecule has 0 unspecified atom stereocenters. The van der Waals surface area contributed by atoms with Crippen LogP contribution in [0, 0.1) is 10.8 Å². The lowest BCUT2D eigenvalue weighted by Crippen LogP contribution is -2.29. The standard InChI is InChI=1S/C22H28N6O2S.2H2/c1-3-30-16-8-9-19-18(13-16)27-22(21(24)28(19)15(2)23)26-11-5-4-10-25-20(29)14-17-7-6-12-31-17;;/h6-9,12-13,23-24H,3-5,10-11,14H2,1-2H3,(H,25,29)(H,26,27);2*1H. The van der Waals surface area contributed by atoms with E-state index in [1.807, 2.05) is 42.6 Å². The number of amides is 1. The van der Waals surface area contributed by atoms with Gasteiger partial charge in [0.1, 0.15) is 11.6 Å². The fourth-order valence-corrected chi connectivity index (χ4v) is 3.93. The van der Waals surface area contributed by atoms with Crippen molar-refractivity contribution >= 4 is 39.9 Å². The summed E-state index contributed by atoms with van der Waals surface area (Å²) in [5, 5.41) is 24.7. The molecule has 2 aromatic heterocycles. The summed E-state index contributed by atoms with van der Waals surface area (Å²) in [6.07, 6.45) is 2.06. The Hall–Kier alpha value is -3.20. The summed E-state index contributed by atoms with van der Waals surface area (Å²) in [6, 6.07) is 9.38. The van der Waals surface area contributed by atoms with E-state index < -0.39 is 0 Å². The molecule has 8 nitrogen and oxygen atoms in total. The molecule has 0 saturated heterocycles. The van der Waals surface area contributed by atoms with E-state index >= 15 is 0 Å². The van der Waals surface area contributed by atoms with Gasteiger partial charge in [-0.3, -0.25) is 20.2 Å². The Morgan fingerprint density at radius 1 is 1.29 bits per heavy atom. The molecule has 0 spiro atoms. The lowest BCUT2D eigenvalue weighted by atomic mass is 10.2. The first kappa shape index (κ1) is 22.5. The number of hydrogen-bond donors (Lipinski definition) is 4. The van der Waals surface area contributed by atoms with E-state index in [0.717, 1.165) is 17.7 Å². The molecule has 0 aliphatic heterocycles. The molecule has 0 atom stereocenters. The molecule has 1 aromatic carbocycles. The van der Waals surface area contributed by atoms with Gasteiger partial charge in [-0.1, -0.05) is 6.07 Å². The first-order chi connectivity index (χ1) is 15.0. The van der Waals surface area contributed by atoms with Crippen molar-refractivity contribution in [1.82, 2.24) is 14.9 Å². The number of rotatable bonds is 10. The molecule has 9 heteroatoms. The molecule has 0 radical (unpaired) electrons. The summed E-state index contributed by atoms with van der Waals surface area (Å²) in [5.41, 5.74) is 1.50. The number of carbonyl (C=O) groups excluding carboxylic acids is 1. The normalized spacial score (nSPS) is 10.8. The molecule has 3 aromatic rings. The molecular formula is C22H32N6O2S. The maximum atomic E-state index is 11.9. The molecule has 3 rings (SSSR count). The molecule has 2 heterocycles. The van der Waals surface area contributed by atoms with Crippen LogP contribution in [-0.4, -0.2) is 41.0 Å². The van der Waals surface area contributed by atoms with Crippen LogP contribution in [0.3, 0.4) is 0 Å². The number of ether oxygens (including phenoxy) is 1. The molecule has 4 N–H and O–H groups in total. The molecule has 1 amide bonds. The second-order valence-corrected chi connectivity index (χ2v) is 8.09. The number of aromatic nitrogens is 2. The maximum Gasteiger partial charge on any atom is 0.225 e. The zero-order valence-corrected chi connectivity index (χ0v) is 18.6. The Labute approximate surface area is 188 Å². The van der Waals surface area contributed by atoms with Crippen molar-refractivity contribution in [3.05, 3.63) is 46.1 Å². The minimum absolute atomic E-state index is 0. The number of hydrogen-bond acceptors (Lipinski definition) is 7. The van der Waals surface area contributed by atoms with Gasteiger partial charge in [-0.05, 0) is 50.3 Å². The number of fused-ring (bicyclic) bond motifs is 1. The zero-order valence-electron chi connectivity index (χ0n) is 17.8. The predicted molar refractivity (Wildman–Crippen MR) is 129 cm³/mol. The van der Waals surface area contributed by atoms with Crippen molar-refractivity contribution in [2.24, 2.45) is 0 Å². The minimum atomic E-state index is 0. The molecule has 0 bridgehead atoms. The number of nitrogens with one attached hydrogen (secondary N) is 4. The van der Waals surface area contributed by atoms with Crippen LogP contribution >= 0.6 is 11.3 Å². The summed E-state index contributed by atoms with van der Waals surface area (Å²) in [6.45, 7) is 5.36. The third kappa shape index (κ3) is 5.91.